The zero-order chi connectivity index (χ0) is 43.9. The molecule has 0 aromatic carbocycles. The molecule has 3 unspecified atom stereocenters. The van der Waals surface area contributed by atoms with Gasteiger partial charge in [0.2, 0.25) is 0 Å². The predicted molar refractivity (Wildman–Crippen MR) is 232 cm³/mol. The van der Waals surface area contributed by atoms with Gasteiger partial charge in [-0.15, -0.1) is 0 Å². The maximum absolute atomic E-state index is 12.1. The van der Waals surface area contributed by atoms with Gasteiger partial charge in [-0.3, -0.25) is 14.4 Å². The minimum Gasteiger partial charge on any atom is -0.747 e. The number of hydrogen-bond donors (Lipinski definition) is 0. The molecule has 0 bridgehead atoms. The molecule has 0 radical (unpaired) electrons. The molecule has 330 valence electrons. The molecular formula is C46H79NaO10S. The molecule has 0 amide bonds. The van der Waals surface area contributed by atoms with E-state index in [0.717, 1.165) is 76.4 Å². The van der Waals surface area contributed by atoms with Crippen molar-refractivity contribution in [3.8, 4) is 0 Å². The molecule has 10 nitrogen and oxygen atoms in total. The molecule has 0 saturated heterocycles. The van der Waals surface area contributed by atoms with Crippen LogP contribution in [-0.4, -0.2) is 69.2 Å². The van der Waals surface area contributed by atoms with Crippen molar-refractivity contribution in [2.24, 2.45) is 17.3 Å². The van der Waals surface area contributed by atoms with Gasteiger partial charge in [-0.1, -0.05) is 122 Å². The second-order valence-corrected chi connectivity index (χ2v) is 16.9. The number of ether oxygens (including phenoxy) is 4. The van der Waals surface area contributed by atoms with Crippen molar-refractivity contribution in [2.75, 3.05) is 26.4 Å². The summed E-state index contributed by atoms with van der Waals surface area (Å²) in [5.74, 6) is -1.74. The average Bonchev–Trinajstić information content (AvgIpc) is 3.14. The summed E-state index contributed by atoms with van der Waals surface area (Å²) in [6.07, 6.45) is 23.2. The normalized spacial score (nSPS) is 16.1. The van der Waals surface area contributed by atoms with E-state index < -0.39 is 33.7 Å². The monoisotopic (exact) mass is 847 g/mol. The topological polar surface area (TPSA) is 145 Å². The number of allylic oxidation sites excluding steroid dienone is 10. The van der Waals surface area contributed by atoms with E-state index in [1.165, 1.54) is 36.0 Å². The molecule has 1 aliphatic carbocycles. The third-order valence-electron chi connectivity index (χ3n) is 9.90. The van der Waals surface area contributed by atoms with E-state index in [-0.39, 0.29) is 66.3 Å². The van der Waals surface area contributed by atoms with E-state index in [9.17, 15) is 27.4 Å². The zero-order valence-corrected chi connectivity index (χ0v) is 41.5. The smallest absolute Gasteiger partial charge is 0.747 e. The van der Waals surface area contributed by atoms with E-state index in [2.05, 4.69) is 59.8 Å². The molecule has 0 aliphatic heterocycles. The molecule has 3 atom stereocenters. The summed E-state index contributed by atoms with van der Waals surface area (Å²) in [4.78, 5) is 34.5. The van der Waals surface area contributed by atoms with Crippen molar-refractivity contribution in [3.63, 3.8) is 0 Å². The van der Waals surface area contributed by atoms with Crippen LogP contribution in [0.25, 0.3) is 0 Å². The first-order valence-corrected chi connectivity index (χ1v) is 22.7. The maximum Gasteiger partial charge on any atom is 1.00 e. The zero-order valence-electron chi connectivity index (χ0n) is 38.7. The van der Waals surface area contributed by atoms with Crippen molar-refractivity contribution in [1.29, 1.82) is 0 Å². The SMILES string of the molecule is CC1=C(/C=C/C(C)=C/C=C/C(C)=C/C=O)C(C)(C)CCC1.CCCCC(CC)COC(=O)CC(C(=O)OCC(CC)CCCC)S(=O)(=O)[O-].CCOC(C)OCC.[Na+]. The Bertz CT molecular complexity index is 1390. The number of esters is 2. The van der Waals surface area contributed by atoms with Crippen molar-refractivity contribution in [3.05, 3.63) is 58.7 Å². The number of rotatable bonds is 25. The Morgan fingerprint density at radius 1 is 0.845 bits per heavy atom. The Kier molecular flexibility index (Phi) is 37.4. The van der Waals surface area contributed by atoms with Gasteiger partial charge < -0.3 is 23.5 Å². The fraction of sp³-hybridized carbons (Fsp3) is 0.717. The standard InChI is InChI=1S/C20H38O7S.C20H28O.C6H14O2.Na/c1-5-9-11-16(7-3)14-26-19(21)13-18(28(23,24)25)20(22)27-15-17(8-4)12-10-6-2;1-16(8-6-9-17(2)13-15-21)11-12-19-18(3)10-7-14-20(19,4)5;1-4-7-6(3)8-5-2;/h16-18H,5-15H2,1-4H3,(H,23,24,25);6,8-9,11-13,15H,7,10,14H2,1-5H3;6H,4-5H2,1-3H3;/q;;;+1/p-1/b;9-6+,12-11+,16-8+,17-13+;;. The molecule has 1 rings (SSSR count). The largest absolute Gasteiger partial charge is 1.00 e. The summed E-state index contributed by atoms with van der Waals surface area (Å²) in [6.45, 7) is 26.5. The van der Waals surface area contributed by atoms with Crippen LogP contribution in [0.4, 0.5) is 0 Å². The Morgan fingerprint density at radius 3 is 1.81 bits per heavy atom. The summed E-state index contributed by atoms with van der Waals surface area (Å²) in [5.41, 5.74) is 5.48. The molecule has 0 fully saturated rings. The third-order valence-corrected chi connectivity index (χ3v) is 11.0. The van der Waals surface area contributed by atoms with E-state index in [1.807, 2.05) is 53.7 Å². The average molecular weight is 847 g/mol. The first-order chi connectivity index (χ1) is 26.9. The van der Waals surface area contributed by atoms with Crippen LogP contribution in [0.2, 0.25) is 0 Å². The molecule has 0 aromatic rings. The summed E-state index contributed by atoms with van der Waals surface area (Å²) >= 11 is 0. The van der Waals surface area contributed by atoms with Crippen molar-refractivity contribution < 1.29 is 75.9 Å². The van der Waals surface area contributed by atoms with Crippen molar-refractivity contribution >= 4 is 28.3 Å². The van der Waals surface area contributed by atoms with Gasteiger partial charge in [0.15, 0.2) is 11.5 Å². The van der Waals surface area contributed by atoms with Gasteiger partial charge in [-0.05, 0) is 108 Å². The van der Waals surface area contributed by atoms with E-state index in [1.54, 1.807) is 6.08 Å². The summed E-state index contributed by atoms with van der Waals surface area (Å²) < 4.78 is 54.7. The molecule has 0 heterocycles. The number of hydrogen-bond acceptors (Lipinski definition) is 10. The summed E-state index contributed by atoms with van der Waals surface area (Å²) in [5, 5.41) is -2.06. The van der Waals surface area contributed by atoms with Crippen LogP contribution in [-0.2, 0) is 43.4 Å². The molecule has 12 heteroatoms. The number of carbonyl (C=O) groups excluding carboxylic acids is 3. The van der Waals surface area contributed by atoms with Crippen LogP contribution >= 0.6 is 0 Å². The molecule has 0 saturated carbocycles. The van der Waals surface area contributed by atoms with Gasteiger partial charge in [0, 0.05) is 13.2 Å². The number of unbranched alkanes of at least 4 members (excludes halogenated alkanes) is 2. The Morgan fingerprint density at radius 2 is 1.36 bits per heavy atom. The van der Waals surface area contributed by atoms with Gasteiger partial charge in [0.05, 0.1) is 19.6 Å². The fourth-order valence-corrected chi connectivity index (χ4v) is 6.77. The van der Waals surface area contributed by atoms with Crippen molar-refractivity contribution in [2.45, 2.75) is 172 Å². The minimum atomic E-state index is -5.01. The van der Waals surface area contributed by atoms with Crippen LogP contribution in [0.15, 0.2) is 58.7 Å². The molecule has 0 N–H and O–H groups in total. The maximum atomic E-state index is 12.1. The van der Waals surface area contributed by atoms with Gasteiger partial charge in [-0.2, -0.15) is 0 Å². The number of aldehydes is 1. The van der Waals surface area contributed by atoms with Gasteiger partial charge >= 0.3 is 41.5 Å². The Hall–Kier alpha value is -1.86. The minimum absolute atomic E-state index is 0. The van der Waals surface area contributed by atoms with Gasteiger partial charge in [0.1, 0.15) is 16.4 Å². The van der Waals surface area contributed by atoms with Gasteiger partial charge in [0.25, 0.3) is 0 Å². The fourth-order valence-electron chi connectivity index (χ4n) is 6.13. The Balaban J connectivity index is -0.000000884. The van der Waals surface area contributed by atoms with Crippen LogP contribution < -0.4 is 29.6 Å². The van der Waals surface area contributed by atoms with Crippen molar-refractivity contribution in [1.82, 2.24) is 0 Å². The first-order valence-electron chi connectivity index (χ1n) is 21.2. The second kappa shape index (κ2) is 35.9. The second-order valence-electron chi connectivity index (χ2n) is 15.4. The van der Waals surface area contributed by atoms with Crippen LogP contribution in [0.3, 0.4) is 0 Å². The van der Waals surface area contributed by atoms with Crippen LogP contribution in [0.1, 0.15) is 160 Å². The third kappa shape index (κ3) is 30.2. The van der Waals surface area contributed by atoms with Gasteiger partial charge in [-0.25, -0.2) is 8.42 Å². The molecule has 0 aromatic heterocycles. The first kappa shape index (κ1) is 60.4. The molecule has 58 heavy (non-hydrogen) atoms. The Labute approximate surface area is 376 Å². The van der Waals surface area contributed by atoms with E-state index in [4.69, 9.17) is 18.9 Å². The quantitative estimate of drug-likeness (QED) is 0.0169. The molecule has 0 spiro atoms. The number of carbonyl (C=O) groups is 3. The molecule has 1 aliphatic rings. The predicted octanol–water partition coefficient (Wildman–Crippen LogP) is 7.94. The molecular weight excluding hydrogens is 768 g/mol. The van der Waals surface area contributed by atoms with Crippen LogP contribution in [0.5, 0.6) is 0 Å². The summed E-state index contributed by atoms with van der Waals surface area (Å²) in [7, 11) is -5.01. The van der Waals surface area contributed by atoms with Crippen LogP contribution in [0, 0.1) is 17.3 Å². The van der Waals surface area contributed by atoms with E-state index in [0.29, 0.717) is 0 Å². The summed E-state index contributed by atoms with van der Waals surface area (Å²) in [6, 6.07) is 0. The van der Waals surface area contributed by atoms with E-state index >= 15 is 0 Å².